The van der Waals surface area contributed by atoms with Crippen molar-refractivity contribution in [1.82, 2.24) is 10.3 Å². The van der Waals surface area contributed by atoms with Crippen LogP contribution in [0.2, 0.25) is 0 Å². The SMILES string of the molecule is CCNCc1coc(N(C)C2CCCCC2)n1. The monoisotopic (exact) mass is 237 g/mol. The Balaban J connectivity index is 1.93. The highest BCUT2D eigenvalue weighted by Crippen LogP contribution is 2.25. The van der Waals surface area contributed by atoms with E-state index in [2.05, 4.69) is 29.2 Å². The van der Waals surface area contributed by atoms with E-state index in [4.69, 9.17) is 4.42 Å². The zero-order chi connectivity index (χ0) is 12.1. The van der Waals surface area contributed by atoms with Crippen LogP contribution in [0.1, 0.15) is 44.7 Å². The van der Waals surface area contributed by atoms with E-state index < -0.39 is 0 Å². The maximum atomic E-state index is 5.55. The number of hydrogen-bond donors (Lipinski definition) is 1. The topological polar surface area (TPSA) is 41.3 Å². The Labute approximate surface area is 103 Å². The molecular formula is C13H23N3O. The van der Waals surface area contributed by atoms with Crippen molar-refractivity contribution in [3.63, 3.8) is 0 Å². The number of anilines is 1. The molecule has 0 amide bonds. The van der Waals surface area contributed by atoms with Crippen molar-refractivity contribution >= 4 is 6.01 Å². The molecule has 1 heterocycles. The van der Waals surface area contributed by atoms with Crippen molar-refractivity contribution in [2.24, 2.45) is 0 Å². The molecule has 0 aromatic carbocycles. The third-order valence-electron chi connectivity index (χ3n) is 3.52. The summed E-state index contributed by atoms with van der Waals surface area (Å²) in [6.07, 6.45) is 8.34. The Bertz CT molecular complexity index is 331. The molecule has 17 heavy (non-hydrogen) atoms. The Morgan fingerprint density at radius 1 is 1.41 bits per heavy atom. The number of oxazole rings is 1. The molecule has 2 rings (SSSR count). The summed E-state index contributed by atoms with van der Waals surface area (Å²) >= 11 is 0. The summed E-state index contributed by atoms with van der Waals surface area (Å²) in [5, 5.41) is 3.26. The molecule has 1 saturated carbocycles. The molecule has 96 valence electrons. The van der Waals surface area contributed by atoms with Crippen LogP contribution in [0.25, 0.3) is 0 Å². The number of rotatable bonds is 5. The molecule has 0 atom stereocenters. The number of nitrogens with one attached hydrogen (secondary N) is 1. The smallest absolute Gasteiger partial charge is 0.297 e. The quantitative estimate of drug-likeness (QED) is 0.854. The zero-order valence-corrected chi connectivity index (χ0v) is 10.9. The molecule has 0 radical (unpaired) electrons. The van der Waals surface area contributed by atoms with E-state index in [1.165, 1.54) is 32.1 Å². The predicted octanol–water partition coefficient (Wildman–Crippen LogP) is 2.55. The van der Waals surface area contributed by atoms with Gasteiger partial charge in [-0.25, -0.2) is 0 Å². The van der Waals surface area contributed by atoms with Gasteiger partial charge in [-0.05, 0) is 19.4 Å². The van der Waals surface area contributed by atoms with Crippen LogP contribution in [-0.2, 0) is 6.54 Å². The minimum Gasteiger partial charge on any atom is -0.432 e. The third-order valence-corrected chi connectivity index (χ3v) is 3.52. The Morgan fingerprint density at radius 2 is 2.18 bits per heavy atom. The van der Waals surface area contributed by atoms with Gasteiger partial charge in [0.2, 0.25) is 0 Å². The molecule has 1 aromatic heterocycles. The molecule has 4 heteroatoms. The Morgan fingerprint density at radius 3 is 2.88 bits per heavy atom. The molecule has 1 aliphatic rings. The van der Waals surface area contributed by atoms with Gasteiger partial charge < -0.3 is 14.6 Å². The Kier molecular flexibility index (Phi) is 4.42. The lowest BCUT2D eigenvalue weighted by Gasteiger charge is -2.29. The molecule has 1 fully saturated rings. The van der Waals surface area contributed by atoms with Gasteiger partial charge in [-0.3, -0.25) is 0 Å². The van der Waals surface area contributed by atoms with E-state index >= 15 is 0 Å². The van der Waals surface area contributed by atoms with Crippen molar-refractivity contribution in [2.45, 2.75) is 51.6 Å². The molecule has 4 nitrogen and oxygen atoms in total. The molecule has 0 aliphatic heterocycles. The van der Waals surface area contributed by atoms with E-state index in [1.54, 1.807) is 6.26 Å². The largest absolute Gasteiger partial charge is 0.432 e. The first-order chi connectivity index (χ1) is 8.31. The zero-order valence-electron chi connectivity index (χ0n) is 10.9. The van der Waals surface area contributed by atoms with Gasteiger partial charge >= 0.3 is 0 Å². The van der Waals surface area contributed by atoms with Gasteiger partial charge in [0, 0.05) is 19.6 Å². The molecule has 1 N–H and O–H groups in total. The van der Waals surface area contributed by atoms with Crippen LogP contribution < -0.4 is 10.2 Å². The molecule has 0 unspecified atom stereocenters. The molecule has 0 spiro atoms. The number of nitrogens with zero attached hydrogens (tertiary/aromatic N) is 2. The van der Waals surface area contributed by atoms with Crippen LogP contribution in [-0.4, -0.2) is 24.6 Å². The summed E-state index contributed by atoms with van der Waals surface area (Å²) in [5.74, 6) is 0. The number of hydrogen-bond acceptors (Lipinski definition) is 4. The van der Waals surface area contributed by atoms with E-state index in [1.807, 2.05) is 0 Å². The summed E-state index contributed by atoms with van der Waals surface area (Å²) in [6, 6.07) is 1.37. The van der Waals surface area contributed by atoms with E-state index in [-0.39, 0.29) is 0 Å². The Hall–Kier alpha value is -1.03. The van der Waals surface area contributed by atoms with Crippen molar-refractivity contribution < 1.29 is 4.42 Å². The van der Waals surface area contributed by atoms with Gasteiger partial charge in [-0.1, -0.05) is 26.2 Å². The normalized spacial score (nSPS) is 17.3. The van der Waals surface area contributed by atoms with Crippen molar-refractivity contribution in [2.75, 3.05) is 18.5 Å². The minimum absolute atomic E-state index is 0.606. The average molecular weight is 237 g/mol. The fraction of sp³-hybridized carbons (Fsp3) is 0.769. The second-order valence-corrected chi connectivity index (χ2v) is 4.80. The molecule has 0 bridgehead atoms. The third kappa shape index (κ3) is 3.22. The number of aromatic nitrogens is 1. The summed E-state index contributed by atoms with van der Waals surface area (Å²) in [6.45, 7) is 3.84. The lowest BCUT2D eigenvalue weighted by atomic mass is 9.95. The van der Waals surface area contributed by atoms with Gasteiger partial charge in [-0.15, -0.1) is 0 Å². The molecule has 0 saturated heterocycles. The second kappa shape index (κ2) is 6.05. The standard InChI is InChI=1S/C13H23N3O/c1-3-14-9-11-10-17-13(15-11)16(2)12-7-5-4-6-8-12/h10,12,14H,3-9H2,1-2H3. The molecular weight excluding hydrogens is 214 g/mol. The van der Waals surface area contributed by atoms with E-state index in [0.29, 0.717) is 6.04 Å². The van der Waals surface area contributed by atoms with Gasteiger partial charge in [0.15, 0.2) is 0 Å². The summed E-state index contributed by atoms with van der Waals surface area (Å²) < 4.78 is 5.55. The van der Waals surface area contributed by atoms with Crippen LogP contribution in [0.3, 0.4) is 0 Å². The molecule has 1 aliphatic carbocycles. The summed E-state index contributed by atoms with van der Waals surface area (Å²) in [7, 11) is 2.10. The van der Waals surface area contributed by atoms with Crippen molar-refractivity contribution in [1.29, 1.82) is 0 Å². The predicted molar refractivity (Wildman–Crippen MR) is 69.2 cm³/mol. The highest BCUT2D eigenvalue weighted by molar-refractivity contribution is 5.27. The minimum atomic E-state index is 0.606. The summed E-state index contributed by atoms with van der Waals surface area (Å²) in [5.41, 5.74) is 0.990. The van der Waals surface area contributed by atoms with Crippen LogP contribution in [0, 0.1) is 0 Å². The van der Waals surface area contributed by atoms with Crippen LogP contribution in [0.15, 0.2) is 10.7 Å². The van der Waals surface area contributed by atoms with Crippen molar-refractivity contribution in [3.05, 3.63) is 12.0 Å². The van der Waals surface area contributed by atoms with Gasteiger partial charge in [0.25, 0.3) is 6.01 Å². The van der Waals surface area contributed by atoms with Gasteiger partial charge in [-0.2, -0.15) is 4.98 Å². The van der Waals surface area contributed by atoms with Crippen LogP contribution in [0.4, 0.5) is 6.01 Å². The van der Waals surface area contributed by atoms with Gasteiger partial charge in [0.05, 0.1) is 5.69 Å². The summed E-state index contributed by atoms with van der Waals surface area (Å²) in [4.78, 5) is 6.72. The van der Waals surface area contributed by atoms with E-state index in [9.17, 15) is 0 Å². The van der Waals surface area contributed by atoms with Crippen LogP contribution >= 0.6 is 0 Å². The lowest BCUT2D eigenvalue weighted by Crippen LogP contribution is -2.33. The van der Waals surface area contributed by atoms with Crippen molar-refractivity contribution in [3.8, 4) is 0 Å². The lowest BCUT2D eigenvalue weighted by molar-refractivity contribution is 0.405. The first-order valence-corrected chi connectivity index (χ1v) is 6.69. The average Bonchev–Trinajstić information content (AvgIpc) is 2.85. The van der Waals surface area contributed by atoms with E-state index in [0.717, 1.165) is 24.8 Å². The fourth-order valence-corrected chi connectivity index (χ4v) is 2.42. The second-order valence-electron chi connectivity index (χ2n) is 4.80. The van der Waals surface area contributed by atoms with Gasteiger partial charge in [0.1, 0.15) is 6.26 Å². The first kappa shape index (κ1) is 12.4. The fourth-order valence-electron chi connectivity index (χ4n) is 2.42. The highest BCUT2D eigenvalue weighted by Gasteiger charge is 2.21. The molecule has 1 aromatic rings. The highest BCUT2D eigenvalue weighted by atomic mass is 16.4. The maximum absolute atomic E-state index is 5.55. The maximum Gasteiger partial charge on any atom is 0.297 e. The first-order valence-electron chi connectivity index (χ1n) is 6.69. The van der Waals surface area contributed by atoms with Crippen LogP contribution in [0.5, 0.6) is 0 Å².